The molecule has 0 unspecified atom stereocenters. The molecule has 3 rings (SSSR count). The third-order valence-electron chi connectivity index (χ3n) is 4.29. The molecule has 1 N–H and O–H groups in total. The van der Waals surface area contributed by atoms with Gasteiger partial charge in [0, 0.05) is 35.3 Å². The van der Waals surface area contributed by atoms with Gasteiger partial charge in [-0.2, -0.15) is 0 Å². The fourth-order valence-corrected chi connectivity index (χ4v) is 2.77. The first-order valence-electron chi connectivity index (χ1n) is 8.10. The Labute approximate surface area is 150 Å². The highest BCUT2D eigenvalue weighted by molar-refractivity contribution is 5.96. The van der Waals surface area contributed by atoms with Gasteiger partial charge in [0.05, 0.1) is 17.3 Å². The molecule has 0 spiro atoms. The zero-order valence-corrected chi connectivity index (χ0v) is 14.4. The molecule has 1 aromatic heterocycles. The Morgan fingerprint density at radius 1 is 1.23 bits per heavy atom. The Hall–Kier alpha value is -3.48. The number of nitrogens with one attached hydrogen (secondary N) is 1. The fourth-order valence-electron chi connectivity index (χ4n) is 2.77. The third-order valence-corrected chi connectivity index (χ3v) is 4.29. The molecule has 7 nitrogen and oxygen atoms in total. The number of carbonyl (C=O) groups is 1. The van der Waals surface area contributed by atoms with E-state index in [-0.39, 0.29) is 17.6 Å². The van der Waals surface area contributed by atoms with E-state index in [4.69, 9.17) is 0 Å². The van der Waals surface area contributed by atoms with Gasteiger partial charge in [0.1, 0.15) is 0 Å². The first-order valence-corrected chi connectivity index (χ1v) is 8.10. The Morgan fingerprint density at radius 2 is 1.96 bits per heavy atom. The fraction of sp³-hybridized carbons (Fsp3) is 0.158. The number of nitro benzene ring substituents is 1. The second-order valence-electron chi connectivity index (χ2n) is 5.96. The van der Waals surface area contributed by atoms with Gasteiger partial charge in [0.2, 0.25) is 0 Å². The van der Waals surface area contributed by atoms with Gasteiger partial charge >= 0.3 is 0 Å². The maximum Gasteiger partial charge on any atom is 0.273 e. The number of rotatable bonds is 5. The van der Waals surface area contributed by atoms with Crippen LogP contribution in [0.25, 0.3) is 5.69 Å². The molecule has 0 radical (unpaired) electrons. The highest BCUT2D eigenvalue weighted by atomic mass is 16.6. The summed E-state index contributed by atoms with van der Waals surface area (Å²) in [6.07, 6.45) is 5.27. The number of amides is 1. The summed E-state index contributed by atoms with van der Waals surface area (Å²) in [4.78, 5) is 27.1. The summed E-state index contributed by atoms with van der Waals surface area (Å²) in [5, 5.41) is 13.9. The van der Waals surface area contributed by atoms with Crippen molar-refractivity contribution in [3.63, 3.8) is 0 Å². The van der Waals surface area contributed by atoms with E-state index in [0.717, 1.165) is 11.3 Å². The van der Waals surface area contributed by atoms with Crippen molar-refractivity contribution < 1.29 is 9.72 Å². The zero-order valence-electron chi connectivity index (χ0n) is 14.4. The quantitative estimate of drug-likeness (QED) is 0.562. The number of nitro groups is 1. The highest BCUT2D eigenvalue weighted by Crippen LogP contribution is 2.22. The Kier molecular flexibility index (Phi) is 4.79. The van der Waals surface area contributed by atoms with E-state index in [1.807, 2.05) is 42.0 Å². The molecule has 3 aromatic rings. The summed E-state index contributed by atoms with van der Waals surface area (Å²) in [5.41, 5.74) is 2.51. The molecule has 7 heteroatoms. The molecule has 0 bridgehead atoms. The lowest BCUT2D eigenvalue weighted by atomic mass is 10.0. The minimum atomic E-state index is -0.482. The van der Waals surface area contributed by atoms with Crippen LogP contribution in [-0.2, 0) is 0 Å². The number of hydrogen-bond acceptors (Lipinski definition) is 4. The van der Waals surface area contributed by atoms with Crippen LogP contribution < -0.4 is 5.32 Å². The van der Waals surface area contributed by atoms with Crippen molar-refractivity contribution in [3.8, 4) is 5.69 Å². The van der Waals surface area contributed by atoms with Crippen LogP contribution in [0.1, 0.15) is 34.5 Å². The minimum Gasteiger partial charge on any atom is -0.346 e. The summed E-state index contributed by atoms with van der Waals surface area (Å²) in [6.45, 7) is 3.45. The summed E-state index contributed by atoms with van der Waals surface area (Å²) < 4.78 is 1.89. The smallest absolute Gasteiger partial charge is 0.273 e. The van der Waals surface area contributed by atoms with E-state index in [9.17, 15) is 14.9 Å². The van der Waals surface area contributed by atoms with Crippen molar-refractivity contribution in [2.24, 2.45) is 0 Å². The van der Waals surface area contributed by atoms with Crippen molar-refractivity contribution in [1.82, 2.24) is 14.9 Å². The average molecular weight is 350 g/mol. The van der Waals surface area contributed by atoms with Gasteiger partial charge in [-0.1, -0.05) is 18.2 Å². The molecule has 0 aliphatic carbocycles. The minimum absolute atomic E-state index is 0.0602. The third kappa shape index (κ3) is 3.46. The van der Waals surface area contributed by atoms with Crippen molar-refractivity contribution in [3.05, 3.63) is 88.0 Å². The highest BCUT2D eigenvalue weighted by Gasteiger charge is 2.19. The molecule has 1 heterocycles. The molecule has 0 aliphatic rings. The molecule has 0 saturated carbocycles. The lowest BCUT2D eigenvalue weighted by molar-refractivity contribution is -0.385. The number of nitrogens with zero attached hydrogens (tertiary/aromatic N) is 3. The molecule has 132 valence electrons. The second-order valence-corrected chi connectivity index (χ2v) is 5.96. The largest absolute Gasteiger partial charge is 0.346 e. The lowest BCUT2D eigenvalue weighted by Crippen LogP contribution is -2.27. The van der Waals surface area contributed by atoms with Crippen LogP contribution in [0, 0.1) is 17.0 Å². The van der Waals surface area contributed by atoms with Gasteiger partial charge in [0.15, 0.2) is 0 Å². The number of benzene rings is 2. The zero-order chi connectivity index (χ0) is 18.7. The van der Waals surface area contributed by atoms with Crippen molar-refractivity contribution in [1.29, 1.82) is 0 Å². The Bertz CT molecular complexity index is 934. The molecule has 2 aromatic carbocycles. The average Bonchev–Trinajstić information content (AvgIpc) is 3.16. The van der Waals surface area contributed by atoms with Gasteiger partial charge in [0.25, 0.3) is 11.6 Å². The van der Waals surface area contributed by atoms with Crippen LogP contribution in [0.3, 0.4) is 0 Å². The summed E-state index contributed by atoms with van der Waals surface area (Å²) in [7, 11) is 0. The summed E-state index contributed by atoms with van der Waals surface area (Å²) >= 11 is 0. The first-order chi connectivity index (χ1) is 12.5. The molecular formula is C19H18N4O3. The van der Waals surface area contributed by atoms with Crippen LogP contribution in [-0.4, -0.2) is 20.4 Å². The van der Waals surface area contributed by atoms with E-state index < -0.39 is 4.92 Å². The van der Waals surface area contributed by atoms with Crippen molar-refractivity contribution >= 4 is 11.6 Å². The maximum atomic E-state index is 12.5. The van der Waals surface area contributed by atoms with Gasteiger partial charge in [-0.25, -0.2) is 4.98 Å². The molecular weight excluding hydrogens is 332 g/mol. The summed E-state index contributed by atoms with van der Waals surface area (Å²) in [5.74, 6) is -0.336. The predicted molar refractivity (Wildman–Crippen MR) is 97.3 cm³/mol. The topological polar surface area (TPSA) is 90.1 Å². The van der Waals surface area contributed by atoms with E-state index >= 15 is 0 Å². The molecule has 0 fully saturated rings. The van der Waals surface area contributed by atoms with E-state index in [1.54, 1.807) is 25.5 Å². The van der Waals surface area contributed by atoms with E-state index in [1.165, 1.54) is 12.1 Å². The monoisotopic (exact) mass is 350 g/mol. The maximum absolute atomic E-state index is 12.5. The molecule has 1 amide bonds. The number of imidazole rings is 1. The standard InChI is InChI=1S/C19H18N4O3/c1-13-17(4-3-5-18(13)23(25)26)19(24)21-14(2)15-6-8-16(9-7-15)22-11-10-20-12-22/h3-12,14H,1-2H3,(H,21,24)/t14-/m0/s1. The van der Waals surface area contributed by atoms with Gasteiger partial charge in [-0.15, -0.1) is 0 Å². The Balaban J connectivity index is 1.75. The van der Waals surface area contributed by atoms with Crippen LogP contribution in [0.5, 0.6) is 0 Å². The SMILES string of the molecule is Cc1c(C(=O)N[C@@H](C)c2ccc(-n3ccnc3)cc2)cccc1[N+](=O)[O-]. The van der Waals surface area contributed by atoms with Gasteiger partial charge in [-0.05, 0) is 37.6 Å². The molecule has 0 saturated heterocycles. The number of carbonyl (C=O) groups excluding carboxylic acids is 1. The molecule has 1 atom stereocenters. The van der Waals surface area contributed by atoms with Crippen LogP contribution in [0.4, 0.5) is 5.69 Å². The van der Waals surface area contributed by atoms with Crippen LogP contribution in [0.2, 0.25) is 0 Å². The lowest BCUT2D eigenvalue weighted by Gasteiger charge is -2.16. The van der Waals surface area contributed by atoms with Crippen molar-refractivity contribution in [2.45, 2.75) is 19.9 Å². The van der Waals surface area contributed by atoms with Gasteiger partial charge in [-0.3, -0.25) is 14.9 Å². The predicted octanol–water partition coefficient (Wildman–Crippen LogP) is 3.58. The van der Waals surface area contributed by atoms with Gasteiger partial charge < -0.3 is 9.88 Å². The first kappa shape index (κ1) is 17.3. The van der Waals surface area contributed by atoms with Crippen LogP contribution >= 0.6 is 0 Å². The molecule has 26 heavy (non-hydrogen) atoms. The van der Waals surface area contributed by atoms with E-state index in [0.29, 0.717) is 11.1 Å². The normalized spacial score (nSPS) is 11.8. The van der Waals surface area contributed by atoms with Crippen molar-refractivity contribution in [2.75, 3.05) is 0 Å². The number of hydrogen-bond donors (Lipinski definition) is 1. The van der Waals surface area contributed by atoms with E-state index in [2.05, 4.69) is 10.3 Å². The molecule has 0 aliphatic heterocycles. The number of aromatic nitrogens is 2. The Morgan fingerprint density at radius 3 is 2.58 bits per heavy atom. The second kappa shape index (κ2) is 7.18. The summed E-state index contributed by atoms with van der Waals surface area (Å²) in [6, 6.07) is 12.0. The van der Waals surface area contributed by atoms with Crippen LogP contribution in [0.15, 0.2) is 61.2 Å².